The van der Waals surface area contributed by atoms with Crippen molar-refractivity contribution in [3.63, 3.8) is 0 Å². The molecule has 2 saturated carbocycles. The van der Waals surface area contributed by atoms with Gasteiger partial charge in [-0.2, -0.15) is 20.5 Å². The van der Waals surface area contributed by atoms with Crippen LogP contribution in [0, 0.1) is 5.41 Å². The first kappa shape index (κ1) is 6.62. The summed E-state index contributed by atoms with van der Waals surface area (Å²) in [5.74, 6) is 0. The zero-order valence-corrected chi connectivity index (χ0v) is 7.43. The molecule has 2 aliphatic heterocycles. The zero-order chi connectivity index (χ0) is 8.47. The lowest BCUT2D eigenvalue weighted by atomic mass is 9.74. The highest BCUT2D eigenvalue weighted by molar-refractivity contribution is 5.23. The fourth-order valence-electron chi connectivity index (χ4n) is 3.92. The van der Waals surface area contributed by atoms with E-state index in [2.05, 4.69) is 20.5 Å². The lowest BCUT2D eigenvalue weighted by Gasteiger charge is -2.28. The molecule has 0 aromatic carbocycles. The molecule has 4 rings (SSSR count). The average Bonchev–Trinajstić information content (AvgIpc) is 2.92. The third-order valence-electron chi connectivity index (χ3n) is 4.43. The fourth-order valence-corrected chi connectivity index (χ4v) is 3.92. The molecule has 4 aliphatic rings. The minimum absolute atomic E-state index is 0.278. The highest BCUT2D eigenvalue weighted by Crippen LogP contribution is 2.61. The minimum Gasteiger partial charge on any atom is -0.190 e. The van der Waals surface area contributed by atoms with Gasteiger partial charge in [-0.3, -0.25) is 0 Å². The summed E-state index contributed by atoms with van der Waals surface area (Å²) in [7, 11) is 0. The summed E-state index contributed by atoms with van der Waals surface area (Å²) in [5.41, 5.74) is 0.278. The number of hydrogen-bond acceptors (Lipinski definition) is 4. The van der Waals surface area contributed by atoms with E-state index in [0.29, 0.717) is 24.2 Å². The van der Waals surface area contributed by atoms with Crippen molar-refractivity contribution in [1.29, 1.82) is 0 Å². The predicted molar refractivity (Wildman–Crippen MR) is 45.8 cm³/mol. The second-order valence-electron chi connectivity index (χ2n) is 4.68. The molecular weight excluding hydrogens is 164 g/mol. The van der Waals surface area contributed by atoms with Crippen molar-refractivity contribution in [2.24, 2.45) is 25.9 Å². The van der Waals surface area contributed by atoms with Crippen LogP contribution in [0.1, 0.15) is 25.7 Å². The Hall–Kier alpha value is -0.800. The predicted octanol–water partition coefficient (Wildman–Crippen LogP) is 1.97. The fraction of sp³-hybridized carbons (Fsp3) is 1.00. The molecule has 4 heteroatoms. The monoisotopic (exact) mass is 176 g/mol. The second-order valence-corrected chi connectivity index (χ2v) is 4.68. The van der Waals surface area contributed by atoms with Crippen molar-refractivity contribution in [3.8, 4) is 0 Å². The first-order chi connectivity index (χ1) is 6.42. The van der Waals surface area contributed by atoms with Crippen LogP contribution in [-0.4, -0.2) is 24.2 Å². The summed E-state index contributed by atoms with van der Waals surface area (Å²) in [6, 6.07) is 1.85. The van der Waals surface area contributed by atoms with E-state index in [1.807, 2.05) is 0 Å². The van der Waals surface area contributed by atoms with Crippen LogP contribution in [-0.2, 0) is 0 Å². The summed E-state index contributed by atoms with van der Waals surface area (Å²) in [6.45, 7) is 0. The zero-order valence-electron chi connectivity index (χ0n) is 7.43. The SMILES string of the molecule is C1CC2N=NC1C21C2CCC1N=N2. The van der Waals surface area contributed by atoms with Crippen molar-refractivity contribution < 1.29 is 0 Å². The Morgan fingerprint density at radius 2 is 0.923 bits per heavy atom. The summed E-state index contributed by atoms with van der Waals surface area (Å²) in [4.78, 5) is 0. The molecule has 0 radical (unpaired) electrons. The van der Waals surface area contributed by atoms with Crippen molar-refractivity contribution in [2.45, 2.75) is 49.9 Å². The molecule has 0 saturated heterocycles. The van der Waals surface area contributed by atoms with Gasteiger partial charge in [0, 0.05) is 0 Å². The van der Waals surface area contributed by atoms with Crippen LogP contribution < -0.4 is 0 Å². The molecule has 4 nitrogen and oxygen atoms in total. The minimum atomic E-state index is 0.278. The molecule has 0 aromatic rings. The molecule has 13 heavy (non-hydrogen) atoms. The lowest BCUT2D eigenvalue weighted by molar-refractivity contribution is 0.249. The van der Waals surface area contributed by atoms with E-state index in [9.17, 15) is 0 Å². The van der Waals surface area contributed by atoms with Gasteiger partial charge in [0.1, 0.15) is 0 Å². The van der Waals surface area contributed by atoms with Crippen molar-refractivity contribution >= 4 is 0 Å². The van der Waals surface area contributed by atoms with Crippen LogP contribution in [0.15, 0.2) is 20.5 Å². The molecule has 4 bridgehead atoms. The van der Waals surface area contributed by atoms with Crippen molar-refractivity contribution in [2.75, 3.05) is 0 Å². The van der Waals surface area contributed by atoms with Crippen LogP contribution in [0.4, 0.5) is 0 Å². The van der Waals surface area contributed by atoms with Crippen molar-refractivity contribution in [3.05, 3.63) is 0 Å². The molecule has 4 unspecified atom stereocenters. The van der Waals surface area contributed by atoms with Gasteiger partial charge in [-0.25, -0.2) is 0 Å². The maximum atomic E-state index is 4.39. The smallest absolute Gasteiger partial charge is 0.0829 e. The number of rotatable bonds is 0. The van der Waals surface area contributed by atoms with E-state index < -0.39 is 0 Å². The molecule has 2 aliphatic carbocycles. The van der Waals surface area contributed by atoms with E-state index in [1.165, 1.54) is 25.7 Å². The van der Waals surface area contributed by atoms with Gasteiger partial charge >= 0.3 is 0 Å². The topological polar surface area (TPSA) is 49.4 Å². The summed E-state index contributed by atoms with van der Waals surface area (Å²) in [5, 5.41) is 17.5. The third kappa shape index (κ3) is 0.508. The Kier molecular flexibility index (Phi) is 0.935. The van der Waals surface area contributed by atoms with Gasteiger partial charge in [0.05, 0.1) is 29.6 Å². The Bertz CT molecular complexity index is 258. The molecule has 4 atom stereocenters. The number of azo groups is 2. The maximum Gasteiger partial charge on any atom is 0.0829 e. The standard InChI is InChI=1S/C9H12N4/c1-2-6-9(5(1)10-11-6)7-3-4-8(9)13-12-7/h5-8H,1-4H2. The van der Waals surface area contributed by atoms with E-state index in [1.54, 1.807) is 0 Å². The molecule has 0 amide bonds. The van der Waals surface area contributed by atoms with Crippen LogP contribution >= 0.6 is 0 Å². The van der Waals surface area contributed by atoms with Gasteiger partial charge in [0.15, 0.2) is 0 Å². The van der Waals surface area contributed by atoms with E-state index >= 15 is 0 Å². The van der Waals surface area contributed by atoms with Crippen LogP contribution in [0.3, 0.4) is 0 Å². The normalized spacial score (nSPS) is 60.3. The molecular formula is C9H12N4. The maximum absolute atomic E-state index is 4.39. The first-order valence-corrected chi connectivity index (χ1v) is 5.22. The van der Waals surface area contributed by atoms with Gasteiger partial charge < -0.3 is 0 Å². The average molecular weight is 176 g/mol. The van der Waals surface area contributed by atoms with E-state index in [-0.39, 0.29) is 5.41 Å². The van der Waals surface area contributed by atoms with E-state index in [0.717, 1.165) is 0 Å². The van der Waals surface area contributed by atoms with Crippen LogP contribution in [0.2, 0.25) is 0 Å². The highest BCUT2D eigenvalue weighted by atomic mass is 15.3. The Balaban J connectivity index is 1.89. The summed E-state index contributed by atoms with van der Waals surface area (Å²) in [6.07, 6.45) is 4.91. The Morgan fingerprint density at radius 3 is 1.15 bits per heavy atom. The highest BCUT2D eigenvalue weighted by Gasteiger charge is 2.68. The summed E-state index contributed by atoms with van der Waals surface area (Å²) >= 11 is 0. The Labute approximate surface area is 76.5 Å². The lowest BCUT2D eigenvalue weighted by Crippen LogP contribution is -2.43. The largest absolute Gasteiger partial charge is 0.190 e. The van der Waals surface area contributed by atoms with Crippen molar-refractivity contribution in [1.82, 2.24) is 0 Å². The quantitative estimate of drug-likeness (QED) is 0.542. The Morgan fingerprint density at radius 1 is 0.615 bits per heavy atom. The number of nitrogens with zero attached hydrogens (tertiary/aromatic N) is 4. The molecule has 2 fully saturated rings. The van der Waals surface area contributed by atoms with E-state index in [4.69, 9.17) is 0 Å². The van der Waals surface area contributed by atoms with Gasteiger partial charge in [-0.05, 0) is 25.7 Å². The third-order valence-corrected chi connectivity index (χ3v) is 4.43. The molecule has 68 valence electrons. The first-order valence-electron chi connectivity index (χ1n) is 5.22. The molecule has 0 aromatic heterocycles. The molecule has 2 heterocycles. The molecule has 0 N–H and O–H groups in total. The second kappa shape index (κ2) is 1.83. The van der Waals surface area contributed by atoms with Gasteiger partial charge in [-0.1, -0.05) is 0 Å². The van der Waals surface area contributed by atoms with Gasteiger partial charge in [0.2, 0.25) is 0 Å². The van der Waals surface area contributed by atoms with Gasteiger partial charge in [0.25, 0.3) is 0 Å². The number of hydrogen-bond donors (Lipinski definition) is 0. The van der Waals surface area contributed by atoms with Crippen LogP contribution in [0.25, 0.3) is 0 Å². The van der Waals surface area contributed by atoms with Gasteiger partial charge in [-0.15, -0.1) is 0 Å². The molecule has 1 spiro atoms. The summed E-state index contributed by atoms with van der Waals surface area (Å²) < 4.78 is 0. The van der Waals surface area contributed by atoms with Crippen LogP contribution in [0.5, 0.6) is 0 Å².